The van der Waals surface area contributed by atoms with E-state index in [9.17, 15) is 0 Å². The molecule has 1 aromatic heterocycles. The number of ether oxygens (including phenoxy) is 1. The summed E-state index contributed by atoms with van der Waals surface area (Å²) in [6.45, 7) is 2.26. The van der Waals surface area contributed by atoms with Crippen LogP contribution >= 0.6 is 0 Å². The molecule has 0 amide bonds. The third kappa shape index (κ3) is 1.96. The summed E-state index contributed by atoms with van der Waals surface area (Å²) in [5.74, 6) is 0.195. The molecule has 1 atom stereocenters. The highest BCUT2D eigenvalue weighted by atomic mass is 16.5. The van der Waals surface area contributed by atoms with Crippen molar-refractivity contribution in [2.45, 2.75) is 6.04 Å². The summed E-state index contributed by atoms with van der Waals surface area (Å²) in [5.41, 5.74) is 0.914. The molecule has 70 valence electrons. The minimum Gasteiger partial charge on any atom is -0.506 e. The molecular weight excluding hydrogens is 168 g/mol. The molecule has 0 saturated carbocycles. The summed E-state index contributed by atoms with van der Waals surface area (Å²) in [6, 6.07) is 3.61. The maximum atomic E-state index is 9.04. The van der Waals surface area contributed by atoms with Crippen LogP contribution in [0.2, 0.25) is 0 Å². The number of nitrogens with zero attached hydrogens (tertiary/aromatic N) is 1. The van der Waals surface area contributed by atoms with E-state index in [1.807, 2.05) is 6.07 Å². The van der Waals surface area contributed by atoms with Gasteiger partial charge in [-0.1, -0.05) is 0 Å². The van der Waals surface area contributed by atoms with Crippen LogP contribution in [-0.2, 0) is 4.74 Å². The molecule has 0 aromatic carbocycles. The Bertz CT molecular complexity index is 267. The van der Waals surface area contributed by atoms with Crippen LogP contribution in [-0.4, -0.2) is 29.8 Å². The van der Waals surface area contributed by atoms with E-state index in [0.29, 0.717) is 6.61 Å². The molecule has 4 nitrogen and oxygen atoms in total. The number of aromatic nitrogens is 1. The third-order valence-corrected chi connectivity index (χ3v) is 2.05. The van der Waals surface area contributed by atoms with Gasteiger partial charge < -0.3 is 15.2 Å². The number of aromatic hydroxyl groups is 1. The molecule has 0 unspecified atom stereocenters. The van der Waals surface area contributed by atoms with E-state index in [-0.39, 0.29) is 11.8 Å². The van der Waals surface area contributed by atoms with Crippen molar-refractivity contribution in [3.8, 4) is 5.75 Å². The first kappa shape index (κ1) is 8.47. The van der Waals surface area contributed by atoms with Crippen molar-refractivity contribution in [3.63, 3.8) is 0 Å². The molecular formula is C9H12N2O2. The van der Waals surface area contributed by atoms with Crippen molar-refractivity contribution < 1.29 is 9.84 Å². The lowest BCUT2D eigenvalue weighted by Crippen LogP contribution is -2.34. The predicted octanol–water partition coefficient (Wildman–Crippen LogP) is 0.448. The highest BCUT2D eigenvalue weighted by Crippen LogP contribution is 2.15. The monoisotopic (exact) mass is 180 g/mol. The van der Waals surface area contributed by atoms with Gasteiger partial charge in [0, 0.05) is 6.54 Å². The van der Waals surface area contributed by atoms with E-state index in [0.717, 1.165) is 18.8 Å². The van der Waals surface area contributed by atoms with Gasteiger partial charge in [-0.25, -0.2) is 0 Å². The van der Waals surface area contributed by atoms with Gasteiger partial charge in [-0.05, 0) is 12.1 Å². The van der Waals surface area contributed by atoms with Gasteiger partial charge in [0.15, 0.2) is 0 Å². The molecule has 2 heterocycles. The second-order valence-corrected chi connectivity index (χ2v) is 3.02. The standard InChI is InChI=1S/C9H12N2O2/c12-7-1-2-8(11-5-7)9-6-13-4-3-10-9/h1-2,5,9-10,12H,3-4,6H2/t9-/m0/s1. The lowest BCUT2D eigenvalue weighted by atomic mass is 10.2. The molecule has 13 heavy (non-hydrogen) atoms. The molecule has 0 aliphatic carbocycles. The third-order valence-electron chi connectivity index (χ3n) is 2.05. The van der Waals surface area contributed by atoms with Crippen LogP contribution in [0.5, 0.6) is 5.75 Å². The van der Waals surface area contributed by atoms with Gasteiger partial charge in [0.05, 0.1) is 31.1 Å². The number of hydrogen-bond acceptors (Lipinski definition) is 4. The van der Waals surface area contributed by atoms with Crippen LogP contribution in [0, 0.1) is 0 Å². The quantitative estimate of drug-likeness (QED) is 0.658. The molecule has 4 heteroatoms. The van der Waals surface area contributed by atoms with Gasteiger partial charge in [-0.15, -0.1) is 0 Å². The van der Waals surface area contributed by atoms with E-state index in [1.54, 1.807) is 6.07 Å². The number of nitrogens with one attached hydrogen (secondary N) is 1. The van der Waals surface area contributed by atoms with E-state index in [4.69, 9.17) is 9.84 Å². The molecule has 1 saturated heterocycles. The Balaban J connectivity index is 2.10. The van der Waals surface area contributed by atoms with Crippen LogP contribution in [0.4, 0.5) is 0 Å². The summed E-state index contributed by atoms with van der Waals surface area (Å²) < 4.78 is 5.30. The fourth-order valence-corrected chi connectivity index (χ4v) is 1.36. The summed E-state index contributed by atoms with van der Waals surface area (Å²) in [4.78, 5) is 4.11. The molecule has 0 radical (unpaired) electrons. The normalized spacial score (nSPS) is 22.9. The number of hydrogen-bond donors (Lipinski definition) is 2. The Morgan fingerprint density at radius 3 is 3.08 bits per heavy atom. The van der Waals surface area contributed by atoms with Crippen LogP contribution in [0.3, 0.4) is 0 Å². The first-order chi connectivity index (χ1) is 6.36. The zero-order valence-electron chi connectivity index (χ0n) is 7.23. The second-order valence-electron chi connectivity index (χ2n) is 3.02. The first-order valence-electron chi connectivity index (χ1n) is 4.32. The molecule has 1 aliphatic heterocycles. The van der Waals surface area contributed by atoms with Gasteiger partial charge in [-0.3, -0.25) is 4.98 Å². The Labute approximate surface area is 76.6 Å². The van der Waals surface area contributed by atoms with Gasteiger partial charge in [0.2, 0.25) is 0 Å². The first-order valence-corrected chi connectivity index (χ1v) is 4.32. The van der Waals surface area contributed by atoms with E-state index >= 15 is 0 Å². The molecule has 1 fully saturated rings. The molecule has 1 aliphatic rings. The zero-order chi connectivity index (χ0) is 9.10. The minimum atomic E-state index is 0.161. The highest BCUT2D eigenvalue weighted by Gasteiger charge is 2.15. The van der Waals surface area contributed by atoms with Gasteiger partial charge in [-0.2, -0.15) is 0 Å². The Morgan fingerprint density at radius 2 is 2.46 bits per heavy atom. The van der Waals surface area contributed by atoms with Crippen molar-refractivity contribution in [1.82, 2.24) is 10.3 Å². The Kier molecular flexibility index (Phi) is 2.42. The van der Waals surface area contributed by atoms with E-state index in [1.165, 1.54) is 6.20 Å². The molecule has 2 rings (SSSR count). The number of morpholine rings is 1. The number of pyridine rings is 1. The Hall–Kier alpha value is -1.13. The maximum absolute atomic E-state index is 9.04. The topological polar surface area (TPSA) is 54.4 Å². The fourth-order valence-electron chi connectivity index (χ4n) is 1.36. The average molecular weight is 180 g/mol. The van der Waals surface area contributed by atoms with Crippen LogP contribution in [0.15, 0.2) is 18.3 Å². The molecule has 0 bridgehead atoms. The van der Waals surface area contributed by atoms with Crippen molar-refractivity contribution in [3.05, 3.63) is 24.0 Å². The van der Waals surface area contributed by atoms with Gasteiger partial charge in [0.1, 0.15) is 5.75 Å². The van der Waals surface area contributed by atoms with Crippen LogP contribution < -0.4 is 5.32 Å². The summed E-state index contributed by atoms with van der Waals surface area (Å²) in [6.07, 6.45) is 1.45. The van der Waals surface area contributed by atoms with E-state index < -0.39 is 0 Å². The SMILES string of the molecule is Oc1ccc([C@@H]2COCCN2)nc1. The van der Waals surface area contributed by atoms with Gasteiger partial charge >= 0.3 is 0 Å². The van der Waals surface area contributed by atoms with Crippen LogP contribution in [0.25, 0.3) is 0 Å². The zero-order valence-corrected chi connectivity index (χ0v) is 7.23. The number of rotatable bonds is 1. The maximum Gasteiger partial charge on any atom is 0.133 e. The average Bonchev–Trinajstić information content (AvgIpc) is 2.20. The largest absolute Gasteiger partial charge is 0.506 e. The minimum absolute atomic E-state index is 0.161. The van der Waals surface area contributed by atoms with Crippen molar-refractivity contribution in [2.24, 2.45) is 0 Å². The second kappa shape index (κ2) is 3.72. The fraction of sp³-hybridized carbons (Fsp3) is 0.444. The Morgan fingerprint density at radius 1 is 1.54 bits per heavy atom. The van der Waals surface area contributed by atoms with Crippen molar-refractivity contribution >= 4 is 0 Å². The molecule has 0 spiro atoms. The molecule has 2 N–H and O–H groups in total. The summed E-state index contributed by atoms with van der Waals surface area (Å²) in [5, 5.41) is 12.3. The summed E-state index contributed by atoms with van der Waals surface area (Å²) in [7, 11) is 0. The van der Waals surface area contributed by atoms with Crippen molar-refractivity contribution in [2.75, 3.05) is 19.8 Å². The van der Waals surface area contributed by atoms with Gasteiger partial charge in [0.25, 0.3) is 0 Å². The lowest BCUT2D eigenvalue weighted by molar-refractivity contribution is 0.0756. The van der Waals surface area contributed by atoms with Crippen LogP contribution in [0.1, 0.15) is 11.7 Å². The smallest absolute Gasteiger partial charge is 0.133 e. The molecule has 1 aromatic rings. The lowest BCUT2D eigenvalue weighted by Gasteiger charge is -2.23. The summed E-state index contributed by atoms with van der Waals surface area (Å²) >= 11 is 0. The van der Waals surface area contributed by atoms with E-state index in [2.05, 4.69) is 10.3 Å². The predicted molar refractivity (Wildman–Crippen MR) is 47.5 cm³/mol. The van der Waals surface area contributed by atoms with Crippen molar-refractivity contribution in [1.29, 1.82) is 0 Å². The highest BCUT2D eigenvalue weighted by molar-refractivity contribution is 5.20.